The van der Waals surface area contributed by atoms with Gasteiger partial charge in [-0.05, 0) is 6.07 Å². The van der Waals surface area contributed by atoms with E-state index in [4.69, 9.17) is 16.1 Å². The summed E-state index contributed by atoms with van der Waals surface area (Å²) in [5.74, 6) is 0.360. The summed E-state index contributed by atoms with van der Waals surface area (Å²) < 4.78 is 0. The van der Waals surface area contributed by atoms with Crippen molar-refractivity contribution in [3.8, 4) is 0 Å². The highest BCUT2D eigenvalue weighted by molar-refractivity contribution is 5.83. The molecule has 0 aliphatic heterocycles. The summed E-state index contributed by atoms with van der Waals surface area (Å²) in [6.07, 6.45) is 1.75. The lowest BCUT2D eigenvalue weighted by atomic mass is 10.2. The smallest absolute Gasteiger partial charge is 0.153 e. The molecule has 0 saturated carbocycles. The molecule has 0 amide bonds. The van der Waals surface area contributed by atoms with Gasteiger partial charge in [-0.2, -0.15) is 0 Å². The molecule has 0 unspecified atom stereocenters. The van der Waals surface area contributed by atoms with Gasteiger partial charge in [0.15, 0.2) is 5.82 Å². The van der Waals surface area contributed by atoms with E-state index in [2.05, 4.69) is 10.1 Å². The molecule has 0 bridgehead atoms. The molecule has 0 aliphatic carbocycles. The van der Waals surface area contributed by atoms with Crippen LogP contribution in [0, 0.1) is 0 Å². The Bertz CT molecular complexity index is 313. The molecule has 0 atom stereocenters. The predicted molar refractivity (Wildman–Crippen MR) is 46.8 cm³/mol. The van der Waals surface area contributed by atoms with Gasteiger partial charge in [0.25, 0.3) is 0 Å². The third kappa shape index (κ3) is 2.31. The molecular weight excluding hydrogens is 172 g/mol. The third-order valence-corrected chi connectivity index (χ3v) is 1.50. The van der Waals surface area contributed by atoms with Crippen molar-refractivity contribution in [1.82, 2.24) is 4.98 Å². The molecule has 0 spiro atoms. The minimum absolute atomic E-state index is 0.0597. The number of pyridine rings is 1. The first-order valence-corrected chi connectivity index (χ1v) is 3.58. The Hall–Kier alpha value is -1.82. The van der Waals surface area contributed by atoms with Gasteiger partial charge in [0, 0.05) is 18.2 Å². The average molecular weight is 182 g/mol. The Morgan fingerprint density at radius 1 is 1.69 bits per heavy atom. The highest BCUT2D eigenvalue weighted by atomic mass is 16.5. The maximum atomic E-state index is 8.65. The summed E-state index contributed by atoms with van der Waals surface area (Å²) in [7, 11) is 0. The maximum Gasteiger partial charge on any atom is 0.153 e. The van der Waals surface area contributed by atoms with Crippen molar-refractivity contribution < 1.29 is 10.4 Å². The zero-order valence-electron chi connectivity index (χ0n) is 6.81. The molecule has 70 valence electrons. The second kappa shape index (κ2) is 4.27. The number of amidine groups is 1. The second-order valence-corrected chi connectivity index (χ2v) is 2.39. The van der Waals surface area contributed by atoms with Crippen molar-refractivity contribution in [2.45, 2.75) is 6.42 Å². The Morgan fingerprint density at radius 3 is 3.08 bits per heavy atom. The largest absolute Gasteiger partial charge is 0.409 e. The fourth-order valence-electron chi connectivity index (χ4n) is 0.912. The first kappa shape index (κ1) is 9.27. The first-order valence-electron chi connectivity index (χ1n) is 3.58. The Kier molecular flexibility index (Phi) is 3.04. The molecule has 5 N–H and O–H groups in total. The van der Waals surface area contributed by atoms with Gasteiger partial charge in [0.2, 0.25) is 0 Å². The van der Waals surface area contributed by atoms with E-state index in [0.29, 0.717) is 11.4 Å². The number of aromatic nitrogens is 1. The molecular formula is C7H10N4O2. The topological polar surface area (TPSA) is 104 Å². The Morgan fingerprint density at radius 2 is 2.46 bits per heavy atom. The number of oxime groups is 1. The number of nitrogens with two attached hydrogens (primary N) is 1. The van der Waals surface area contributed by atoms with E-state index in [0.717, 1.165) is 0 Å². The molecule has 0 saturated heterocycles. The number of nitrogens with zero attached hydrogens (tertiary/aromatic N) is 2. The van der Waals surface area contributed by atoms with Crippen LogP contribution in [0.15, 0.2) is 23.5 Å². The molecule has 6 nitrogen and oxygen atoms in total. The highest BCUT2D eigenvalue weighted by Crippen LogP contribution is 2.10. The SMILES string of the molecule is NC(Cc1cccnc1NO)=NO. The minimum Gasteiger partial charge on any atom is -0.409 e. The fraction of sp³-hybridized carbons (Fsp3) is 0.143. The number of hydrogen-bond donors (Lipinski definition) is 4. The van der Waals surface area contributed by atoms with Crippen LogP contribution in [-0.2, 0) is 6.42 Å². The van der Waals surface area contributed by atoms with Crippen LogP contribution in [0.4, 0.5) is 5.82 Å². The van der Waals surface area contributed by atoms with Crippen molar-refractivity contribution in [2.24, 2.45) is 10.9 Å². The van der Waals surface area contributed by atoms with Gasteiger partial charge in [-0.3, -0.25) is 10.7 Å². The molecule has 1 aromatic rings. The van der Waals surface area contributed by atoms with Gasteiger partial charge < -0.3 is 10.9 Å². The molecule has 0 fully saturated rings. The average Bonchev–Trinajstić information content (AvgIpc) is 2.18. The number of hydrogen-bond acceptors (Lipinski definition) is 5. The van der Waals surface area contributed by atoms with Crippen LogP contribution in [0.5, 0.6) is 0 Å². The maximum absolute atomic E-state index is 8.65. The lowest BCUT2D eigenvalue weighted by Crippen LogP contribution is -2.16. The van der Waals surface area contributed by atoms with Gasteiger partial charge in [0.1, 0.15) is 5.84 Å². The first-order chi connectivity index (χ1) is 6.27. The van der Waals surface area contributed by atoms with Gasteiger partial charge in [-0.15, -0.1) is 0 Å². The molecule has 1 heterocycles. The Balaban J connectivity index is 2.87. The zero-order chi connectivity index (χ0) is 9.68. The Labute approximate surface area is 74.7 Å². The van der Waals surface area contributed by atoms with Gasteiger partial charge >= 0.3 is 0 Å². The standard InChI is InChI=1S/C7H10N4O2/c8-6(10-12)4-5-2-1-3-9-7(5)11-13/h1-3,12-13H,4H2,(H2,8,10)(H,9,11). The lowest BCUT2D eigenvalue weighted by Gasteiger charge is -2.04. The van der Waals surface area contributed by atoms with Crippen molar-refractivity contribution in [1.29, 1.82) is 0 Å². The number of nitrogens with one attached hydrogen (secondary N) is 1. The van der Waals surface area contributed by atoms with Gasteiger partial charge in [0.05, 0.1) is 0 Å². The van der Waals surface area contributed by atoms with E-state index in [9.17, 15) is 0 Å². The summed E-state index contributed by atoms with van der Waals surface area (Å²) in [6.45, 7) is 0. The molecule has 0 aromatic carbocycles. The third-order valence-electron chi connectivity index (χ3n) is 1.50. The van der Waals surface area contributed by atoms with Crippen molar-refractivity contribution in [2.75, 3.05) is 5.48 Å². The van der Waals surface area contributed by atoms with E-state index < -0.39 is 0 Å². The molecule has 13 heavy (non-hydrogen) atoms. The minimum atomic E-state index is 0.0597. The van der Waals surface area contributed by atoms with Crippen LogP contribution in [0.1, 0.15) is 5.56 Å². The molecule has 6 heteroatoms. The van der Waals surface area contributed by atoms with E-state index in [-0.39, 0.29) is 12.3 Å². The van der Waals surface area contributed by atoms with Crippen LogP contribution in [-0.4, -0.2) is 21.2 Å². The summed E-state index contributed by atoms with van der Waals surface area (Å²) in [5, 5.41) is 19.8. The summed E-state index contributed by atoms with van der Waals surface area (Å²) in [5.41, 5.74) is 7.87. The van der Waals surface area contributed by atoms with Gasteiger partial charge in [-0.25, -0.2) is 4.98 Å². The van der Waals surface area contributed by atoms with Crippen LogP contribution < -0.4 is 11.2 Å². The number of anilines is 1. The van der Waals surface area contributed by atoms with Crippen molar-refractivity contribution >= 4 is 11.7 Å². The fourth-order valence-corrected chi connectivity index (χ4v) is 0.912. The van der Waals surface area contributed by atoms with Gasteiger partial charge in [-0.1, -0.05) is 11.2 Å². The van der Waals surface area contributed by atoms with Crippen LogP contribution in [0.25, 0.3) is 0 Å². The van der Waals surface area contributed by atoms with Crippen LogP contribution in [0.3, 0.4) is 0 Å². The van der Waals surface area contributed by atoms with E-state index in [1.807, 2.05) is 5.48 Å². The quantitative estimate of drug-likeness (QED) is 0.231. The van der Waals surface area contributed by atoms with Crippen LogP contribution in [0.2, 0.25) is 0 Å². The molecule has 0 aliphatic rings. The monoisotopic (exact) mass is 182 g/mol. The van der Waals surface area contributed by atoms with E-state index in [1.54, 1.807) is 12.1 Å². The normalized spacial score (nSPS) is 11.3. The van der Waals surface area contributed by atoms with Crippen LogP contribution >= 0.6 is 0 Å². The summed E-state index contributed by atoms with van der Waals surface area (Å²) >= 11 is 0. The highest BCUT2D eigenvalue weighted by Gasteiger charge is 2.03. The zero-order valence-corrected chi connectivity index (χ0v) is 6.81. The van der Waals surface area contributed by atoms with E-state index in [1.165, 1.54) is 6.20 Å². The predicted octanol–water partition coefficient (Wildman–Crippen LogP) is 0.172. The summed E-state index contributed by atoms with van der Waals surface area (Å²) in [6, 6.07) is 3.41. The number of rotatable bonds is 3. The van der Waals surface area contributed by atoms with Crippen molar-refractivity contribution in [3.63, 3.8) is 0 Å². The summed E-state index contributed by atoms with van der Waals surface area (Å²) in [4.78, 5) is 3.83. The molecule has 0 radical (unpaired) electrons. The van der Waals surface area contributed by atoms with Crippen molar-refractivity contribution in [3.05, 3.63) is 23.9 Å². The molecule has 1 aromatic heterocycles. The second-order valence-electron chi connectivity index (χ2n) is 2.39. The molecule has 1 rings (SSSR count). The lowest BCUT2D eigenvalue weighted by molar-refractivity contribution is 0.317. The van der Waals surface area contributed by atoms with E-state index >= 15 is 0 Å².